The van der Waals surface area contributed by atoms with Crippen LogP contribution in [0.15, 0.2) is 77.1 Å². The molecule has 3 aromatic carbocycles. The lowest BCUT2D eigenvalue weighted by Crippen LogP contribution is -2.13. The molecule has 2 nitrogen and oxygen atoms in total. The highest BCUT2D eigenvalue weighted by molar-refractivity contribution is 7.07. The van der Waals surface area contributed by atoms with E-state index in [0.717, 1.165) is 27.4 Å². The Labute approximate surface area is 178 Å². The zero-order valence-corrected chi connectivity index (χ0v) is 17.8. The first kappa shape index (κ1) is 19.0. The van der Waals surface area contributed by atoms with Gasteiger partial charge in [0, 0.05) is 21.7 Å². The molecule has 0 bridgehead atoms. The highest BCUT2D eigenvalue weighted by atomic mass is 35.5. The summed E-state index contributed by atoms with van der Waals surface area (Å²) in [7, 11) is 0. The van der Waals surface area contributed by atoms with Crippen molar-refractivity contribution in [3.63, 3.8) is 0 Å². The van der Waals surface area contributed by atoms with Crippen LogP contribution in [0.1, 0.15) is 11.1 Å². The molecule has 0 atom stereocenters. The highest BCUT2D eigenvalue weighted by Crippen LogP contribution is 2.32. The Morgan fingerprint density at radius 2 is 1.46 bits per heavy atom. The van der Waals surface area contributed by atoms with Crippen molar-refractivity contribution in [2.45, 2.75) is 13.8 Å². The summed E-state index contributed by atoms with van der Waals surface area (Å²) >= 11 is 14.2. The summed E-state index contributed by atoms with van der Waals surface area (Å²) in [5.74, 6) is 0. The van der Waals surface area contributed by atoms with Gasteiger partial charge < -0.3 is 0 Å². The molecular formula is C23H18Cl2N2S. The molecule has 0 fully saturated rings. The Bertz CT molecular complexity index is 1190. The molecule has 5 heteroatoms. The zero-order valence-electron chi connectivity index (χ0n) is 15.5. The van der Waals surface area contributed by atoms with Crippen LogP contribution in [0, 0.1) is 13.8 Å². The SMILES string of the molecule is Cc1ccc(N=c2scc(-c3ccc(Cl)cc3Cl)n2-c2ccc(C)cc2)cc1. The van der Waals surface area contributed by atoms with E-state index in [0.29, 0.717) is 10.0 Å². The maximum absolute atomic E-state index is 6.51. The van der Waals surface area contributed by atoms with E-state index in [9.17, 15) is 0 Å². The largest absolute Gasteiger partial charge is 0.285 e. The fraction of sp³-hybridized carbons (Fsp3) is 0.0870. The molecule has 0 aliphatic rings. The minimum atomic E-state index is 0.619. The lowest BCUT2D eigenvalue weighted by atomic mass is 10.1. The number of aromatic nitrogens is 1. The second kappa shape index (κ2) is 7.96. The van der Waals surface area contributed by atoms with Crippen molar-refractivity contribution in [3.05, 3.63) is 98.1 Å². The predicted molar refractivity (Wildman–Crippen MR) is 120 cm³/mol. The van der Waals surface area contributed by atoms with E-state index < -0.39 is 0 Å². The van der Waals surface area contributed by atoms with Gasteiger partial charge >= 0.3 is 0 Å². The van der Waals surface area contributed by atoms with Crippen molar-refractivity contribution in [1.82, 2.24) is 4.57 Å². The molecule has 0 amide bonds. The molecule has 28 heavy (non-hydrogen) atoms. The van der Waals surface area contributed by atoms with Crippen LogP contribution in [0.25, 0.3) is 16.9 Å². The summed E-state index contributed by atoms with van der Waals surface area (Å²) in [4.78, 5) is 5.77. The first-order valence-corrected chi connectivity index (χ1v) is 10.5. The van der Waals surface area contributed by atoms with E-state index in [4.69, 9.17) is 28.2 Å². The number of aryl methyl sites for hydroxylation is 2. The molecule has 0 saturated heterocycles. The van der Waals surface area contributed by atoms with E-state index >= 15 is 0 Å². The Morgan fingerprint density at radius 1 is 0.821 bits per heavy atom. The van der Waals surface area contributed by atoms with Crippen molar-refractivity contribution in [2.24, 2.45) is 4.99 Å². The first-order valence-electron chi connectivity index (χ1n) is 8.86. The Kier molecular flexibility index (Phi) is 5.40. The number of thiazole rings is 1. The number of rotatable bonds is 3. The molecule has 1 heterocycles. The summed E-state index contributed by atoms with van der Waals surface area (Å²) in [6.07, 6.45) is 0. The Balaban J connectivity index is 1.96. The molecular weight excluding hydrogens is 407 g/mol. The van der Waals surface area contributed by atoms with Crippen molar-refractivity contribution in [3.8, 4) is 16.9 Å². The molecule has 0 unspecified atom stereocenters. The third kappa shape index (κ3) is 3.93. The van der Waals surface area contributed by atoms with Crippen molar-refractivity contribution >= 4 is 40.2 Å². The second-order valence-corrected chi connectivity index (χ2v) is 8.33. The first-order chi connectivity index (χ1) is 13.5. The molecule has 0 radical (unpaired) electrons. The normalized spacial score (nSPS) is 11.8. The van der Waals surface area contributed by atoms with E-state index in [1.165, 1.54) is 11.1 Å². The molecule has 4 aromatic rings. The van der Waals surface area contributed by atoms with Crippen LogP contribution in [-0.4, -0.2) is 4.57 Å². The Morgan fingerprint density at radius 3 is 2.11 bits per heavy atom. The third-order valence-corrected chi connectivity index (χ3v) is 5.84. The maximum atomic E-state index is 6.51. The van der Waals surface area contributed by atoms with E-state index in [1.807, 2.05) is 24.3 Å². The van der Waals surface area contributed by atoms with Crippen LogP contribution < -0.4 is 4.80 Å². The van der Waals surface area contributed by atoms with Crippen LogP contribution in [0.5, 0.6) is 0 Å². The quantitative estimate of drug-likeness (QED) is 0.326. The average Bonchev–Trinajstić information content (AvgIpc) is 3.07. The van der Waals surface area contributed by atoms with Gasteiger partial charge in [-0.2, -0.15) is 0 Å². The van der Waals surface area contributed by atoms with Gasteiger partial charge in [0.2, 0.25) is 0 Å². The van der Waals surface area contributed by atoms with Gasteiger partial charge in [0.15, 0.2) is 4.80 Å². The van der Waals surface area contributed by atoms with Crippen molar-refractivity contribution in [1.29, 1.82) is 0 Å². The monoisotopic (exact) mass is 424 g/mol. The summed E-state index contributed by atoms with van der Waals surface area (Å²) in [6, 6.07) is 22.2. The van der Waals surface area contributed by atoms with Gasteiger partial charge in [-0.15, -0.1) is 11.3 Å². The number of benzene rings is 3. The van der Waals surface area contributed by atoms with Gasteiger partial charge in [0.25, 0.3) is 0 Å². The summed E-state index contributed by atoms with van der Waals surface area (Å²) in [6.45, 7) is 4.15. The number of hydrogen-bond acceptors (Lipinski definition) is 2. The minimum Gasteiger partial charge on any atom is -0.285 e. The van der Waals surface area contributed by atoms with E-state index in [-0.39, 0.29) is 0 Å². The van der Waals surface area contributed by atoms with Crippen LogP contribution >= 0.6 is 34.5 Å². The van der Waals surface area contributed by atoms with Crippen LogP contribution in [0.3, 0.4) is 0 Å². The molecule has 140 valence electrons. The third-order valence-electron chi connectivity index (χ3n) is 4.47. The number of halogens is 2. The molecule has 0 saturated carbocycles. The minimum absolute atomic E-state index is 0.619. The summed E-state index contributed by atoms with van der Waals surface area (Å²) in [5, 5.41) is 3.32. The van der Waals surface area contributed by atoms with Gasteiger partial charge in [0.1, 0.15) is 0 Å². The van der Waals surface area contributed by atoms with Gasteiger partial charge in [-0.25, -0.2) is 4.99 Å². The predicted octanol–water partition coefficient (Wildman–Crippen LogP) is 7.36. The number of hydrogen-bond donors (Lipinski definition) is 0. The van der Waals surface area contributed by atoms with Crippen molar-refractivity contribution < 1.29 is 0 Å². The van der Waals surface area contributed by atoms with Crippen LogP contribution in [-0.2, 0) is 0 Å². The average molecular weight is 425 g/mol. The number of nitrogens with zero attached hydrogens (tertiary/aromatic N) is 2. The lowest BCUT2D eigenvalue weighted by Gasteiger charge is -2.11. The molecule has 1 aromatic heterocycles. The topological polar surface area (TPSA) is 17.3 Å². The van der Waals surface area contributed by atoms with Crippen LogP contribution in [0.2, 0.25) is 10.0 Å². The van der Waals surface area contributed by atoms with E-state index in [2.05, 4.69) is 60.2 Å². The summed E-state index contributed by atoms with van der Waals surface area (Å²) < 4.78 is 2.14. The van der Waals surface area contributed by atoms with Gasteiger partial charge in [-0.1, -0.05) is 58.6 Å². The fourth-order valence-corrected chi connectivity index (χ4v) is 4.37. The highest BCUT2D eigenvalue weighted by Gasteiger charge is 2.13. The molecule has 0 aliphatic carbocycles. The van der Waals surface area contributed by atoms with Gasteiger partial charge in [0.05, 0.1) is 16.4 Å². The van der Waals surface area contributed by atoms with Gasteiger partial charge in [-0.05, 0) is 56.3 Å². The van der Waals surface area contributed by atoms with E-state index in [1.54, 1.807) is 17.4 Å². The smallest absolute Gasteiger partial charge is 0.195 e. The maximum Gasteiger partial charge on any atom is 0.195 e. The second-order valence-electron chi connectivity index (χ2n) is 6.65. The summed E-state index contributed by atoms with van der Waals surface area (Å²) in [5.41, 5.74) is 6.29. The fourth-order valence-electron chi connectivity index (χ4n) is 2.95. The van der Waals surface area contributed by atoms with Crippen LogP contribution in [0.4, 0.5) is 5.69 Å². The zero-order chi connectivity index (χ0) is 19.7. The molecule has 0 aliphatic heterocycles. The molecule has 0 spiro atoms. The van der Waals surface area contributed by atoms with Gasteiger partial charge in [-0.3, -0.25) is 4.57 Å². The molecule has 4 rings (SSSR count). The Hall–Kier alpha value is -2.33. The van der Waals surface area contributed by atoms with Crippen molar-refractivity contribution in [2.75, 3.05) is 0 Å². The molecule has 0 N–H and O–H groups in total. The lowest BCUT2D eigenvalue weighted by molar-refractivity contribution is 1.01. The standard InChI is InChI=1S/C23H18Cl2N2S/c1-15-3-8-18(9-4-15)26-23-27(19-10-5-16(2)6-11-19)22(14-28-23)20-12-7-17(24)13-21(20)25/h3-14H,1-2H3.